The van der Waals surface area contributed by atoms with Gasteiger partial charge in [0.05, 0.1) is 0 Å². The van der Waals surface area contributed by atoms with E-state index in [1.165, 1.54) is 32.6 Å². The molecule has 0 bridgehead atoms. The summed E-state index contributed by atoms with van der Waals surface area (Å²) in [4.78, 5) is 41.4. The first-order chi connectivity index (χ1) is 6.33. The molecule has 0 heterocycles. The molecule has 0 aromatic rings. The smallest absolute Gasteiger partial charge is 0.392 e. The van der Waals surface area contributed by atoms with E-state index >= 15 is 0 Å². The molecule has 0 rings (SSSR count). The van der Waals surface area contributed by atoms with Gasteiger partial charge in [0.15, 0.2) is 0 Å². The molecule has 17 heavy (non-hydrogen) atoms. The molecule has 10 heteroatoms. The van der Waals surface area contributed by atoms with Crippen molar-refractivity contribution in [3.05, 3.63) is 0 Å². The van der Waals surface area contributed by atoms with Crippen molar-refractivity contribution < 1.29 is 28.4 Å². The fraction of sp³-hybridized carbons (Fsp3) is 1.00. The van der Waals surface area contributed by atoms with E-state index in [0.29, 0.717) is 0 Å². The molecule has 0 radical (unpaired) electrons. The van der Waals surface area contributed by atoms with Crippen LogP contribution < -0.4 is 0 Å². The van der Waals surface area contributed by atoms with Crippen LogP contribution in [0.4, 0.5) is 0 Å². The maximum atomic E-state index is 8.35. The van der Waals surface area contributed by atoms with Gasteiger partial charge in [-0.25, -0.2) is 0 Å². The van der Waals surface area contributed by atoms with Crippen LogP contribution in [0, 0.1) is 0 Å². The average Bonchev–Trinajstić information content (AvgIpc) is 2.02. The summed E-state index contributed by atoms with van der Waals surface area (Å²) in [7, 11) is -4.27. The van der Waals surface area contributed by atoms with Gasteiger partial charge in [0.1, 0.15) is 0 Å². The molecule has 0 spiro atoms. The minimum atomic E-state index is -4.05. The van der Waals surface area contributed by atoms with E-state index in [1.54, 1.807) is 0 Å². The monoisotopic (exact) mass is 324 g/mol. The van der Waals surface area contributed by atoms with Crippen molar-refractivity contribution in [2.45, 2.75) is 40.4 Å². The van der Waals surface area contributed by atoms with Crippen molar-refractivity contribution in [2.24, 2.45) is 0 Å². The highest BCUT2D eigenvalue weighted by Gasteiger charge is 2.26. The van der Waals surface area contributed by atoms with Gasteiger partial charge < -0.3 is 28.4 Å². The Kier molecular flexibility index (Phi) is 34.1. The topological polar surface area (TPSA) is 110 Å². The zero-order chi connectivity index (χ0) is 11.6. The molecule has 0 fully saturated rings. The lowest BCUT2D eigenvalue weighted by molar-refractivity contribution is 0.173. The van der Waals surface area contributed by atoms with Crippen LogP contribution in [-0.4, -0.2) is 69.4 Å². The van der Waals surface area contributed by atoms with Gasteiger partial charge in [-0.15, -0.1) is 0 Å². The van der Waals surface area contributed by atoms with Gasteiger partial charge >= 0.3 is 18.3 Å². The SMILES string of the molecule is C.C.C.O[SiH](O)OCC[Si](O)(O)O.[SiH3]CC[SiH3]. The molecule has 0 unspecified atom stereocenters. The third kappa shape index (κ3) is 47.8. The van der Waals surface area contributed by atoms with E-state index in [0.717, 1.165) is 0 Å². The second-order valence-corrected chi connectivity index (χ2v) is 7.76. The first kappa shape index (κ1) is 30.6. The molecule has 0 aliphatic carbocycles. The van der Waals surface area contributed by atoms with E-state index in [9.17, 15) is 0 Å². The predicted octanol–water partition coefficient (Wildman–Crippen LogP) is -2.92. The minimum absolute atomic E-state index is 0. The largest absolute Gasteiger partial charge is 0.495 e. The molecule has 0 aromatic heterocycles. The second kappa shape index (κ2) is 19.0. The Bertz CT molecular complexity index is 119. The maximum absolute atomic E-state index is 8.35. The molecule has 6 nitrogen and oxygen atoms in total. The van der Waals surface area contributed by atoms with Gasteiger partial charge in [0, 0.05) is 33.1 Å². The van der Waals surface area contributed by atoms with Gasteiger partial charge in [-0.3, -0.25) is 0 Å². The van der Waals surface area contributed by atoms with E-state index < -0.39 is 18.3 Å². The standard InChI is InChI=1S/C2H10O6Si2.C2H10Si2.3CH4/c3-9(4)8-1-2-10(5,6)7;3-1-2-4;;;/h3-7,9H,1-2H2;1-2H2,3-4H3;3*1H4. The summed E-state index contributed by atoms with van der Waals surface area (Å²) in [5.41, 5.74) is 0. The Hall–Kier alpha value is 0.628. The number of hydrogen-bond donors (Lipinski definition) is 5. The first-order valence-corrected chi connectivity index (χ1v) is 10.9. The van der Waals surface area contributed by atoms with Crippen LogP contribution in [0.15, 0.2) is 0 Å². The van der Waals surface area contributed by atoms with E-state index in [-0.39, 0.29) is 34.9 Å². The van der Waals surface area contributed by atoms with E-state index in [1.807, 2.05) is 0 Å². The Morgan fingerprint density at radius 3 is 1.47 bits per heavy atom. The highest BCUT2D eigenvalue weighted by molar-refractivity contribution is 6.56. The fourth-order valence-electron chi connectivity index (χ4n) is 0.301. The van der Waals surface area contributed by atoms with Gasteiger partial charge in [-0.05, 0) is 0 Å². The molecule has 5 N–H and O–H groups in total. The Balaban J connectivity index is -0.0000000607. The van der Waals surface area contributed by atoms with Crippen LogP contribution >= 0.6 is 0 Å². The molecular formula is C7H32O6Si4. The van der Waals surface area contributed by atoms with Crippen molar-refractivity contribution in [3.8, 4) is 0 Å². The van der Waals surface area contributed by atoms with Crippen molar-refractivity contribution in [1.29, 1.82) is 0 Å². The normalized spacial score (nSPS) is 9.53. The van der Waals surface area contributed by atoms with Crippen LogP contribution in [-0.2, 0) is 4.43 Å². The summed E-state index contributed by atoms with van der Waals surface area (Å²) in [6.07, 6.45) is 0. The van der Waals surface area contributed by atoms with Crippen molar-refractivity contribution >= 4 is 38.8 Å². The third-order valence-electron chi connectivity index (χ3n) is 1.20. The highest BCUT2D eigenvalue weighted by Crippen LogP contribution is 1.95. The quantitative estimate of drug-likeness (QED) is 0.347. The summed E-state index contributed by atoms with van der Waals surface area (Å²) in [6.45, 7) is -0.236. The van der Waals surface area contributed by atoms with Crippen molar-refractivity contribution in [2.75, 3.05) is 6.61 Å². The molecule has 0 aliphatic heterocycles. The zero-order valence-electron chi connectivity index (χ0n) is 8.55. The second-order valence-electron chi connectivity index (χ2n) is 2.72. The summed E-state index contributed by atoms with van der Waals surface area (Å²) in [5, 5.41) is 0. The van der Waals surface area contributed by atoms with E-state index in [4.69, 9.17) is 24.0 Å². The fourth-order valence-corrected chi connectivity index (χ4v) is 1.26. The molecular weight excluding hydrogens is 292 g/mol. The minimum Gasteiger partial charge on any atom is -0.392 e. The van der Waals surface area contributed by atoms with Crippen molar-refractivity contribution in [1.82, 2.24) is 0 Å². The Labute approximate surface area is 114 Å². The molecule has 112 valence electrons. The van der Waals surface area contributed by atoms with Crippen LogP contribution in [0.2, 0.25) is 18.1 Å². The van der Waals surface area contributed by atoms with Gasteiger partial charge in [0.2, 0.25) is 0 Å². The summed E-state index contributed by atoms with van der Waals surface area (Å²) < 4.78 is 4.22. The van der Waals surface area contributed by atoms with Gasteiger partial charge in [-0.1, -0.05) is 34.4 Å². The Morgan fingerprint density at radius 1 is 0.941 bits per heavy atom. The number of hydrogen-bond acceptors (Lipinski definition) is 6. The lowest BCUT2D eigenvalue weighted by Crippen LogP contribution is -2.36. The molecule has 0 atom stereocenters. The first-order valence-electron chi connectivity index (χ1n) is 4.48. The van der Waals surface area contributed by atoms with Crippen LogP contribution in [0.25, 0.3) is 0 Å². The Morgan fingerprint density at radius 2 is 1.29 bits per heavy atom. The summed E-state index contributed by atoms with van der Waals surface area (Å²) in [6, 6.07) is 2.70. The lowest BCUT2D eigenvalue weighted by atomic mass is 10.9. The van der Waals surface area contributed by atoms with Crippen LogP contribution in [0.1, 0.15) is 22.3 Å². The summed E-state index contributed by atoms with van der Waals surface area (Å²) in [5.74, 6) is 0. The third-order valence-corrected chi connectivity index (χ3v) is 6.61. The predicted molar refractivity (Wildman–Crippen MR) is 84.4 cm³/mol. The van der Waals surface area contributed by atoms with Crippen LogP contribution in [0.3, 0.4) is 0 Å². The molecule has 0 amide bonds. The molecule has 0 aromatic carbocycles. The lowest BCUT2D eigenvalue weighted by Gasteiger charge is -2.08. The molecule has 0 aliphatic rings. The van der Waals surface area contributed by atoms with Gasteiger partial charge in [-0.2, -0.15) is 0 Å². The van der Waals surface area contributed by atoms with Crippen molar-refractivity contribution in [3.63, 3.8) is 0 Å². The van der Waals surface area contributed by atoms with Gasteiger partial charge in [0.25, 0.3) is 0 Å². The van der Waals surface area contributed by atoms with E-state index in [2.05, 4.69) is 4.43 Å². The molecule has 0 saturated carbocycles. The maximum Gasteiger partial charge on any atom is 0.495 e. The number of rotatable bonds is 5. The highest BCUT2D eigenvalue weighted by atomic mass is 28.4. The molecule has 0 saturated heterocycles. The zero-order valence-corrected chi connectivity index (χ0v) is 14.7. The average molecular weight is 325 g/mol. The van der Waals surface area contributed by atoms with Crippen LogP contribution in [0.5, 0.6) is 0 Å². The summed E-state index contributed by atoms with van der Waals surface area (Å²) >= 11 is 0.